The molecular weight excluding hydrogens is 534 g/mol. The minimum absolute atomic E-state index is 0.00518. The number of carbonyl (C=O) groups excluding carboxylic acids is 3. The lowest BCUT2D eigenvalue weighted by Gasteiger charge is -2.05. The summed E-state index contributed by atoms with van der Waals surface area (Å²) in [4.78, 5) is 35.4. The van der Waals surface area contributed by atoms with Crippen molar-refractivity contribution < 1.29 is 29.0 Å². The number of esters is 2. The predicted molar refractivity (Wildman–Crippen MR) is 143 cm³/mol. The first-order valence-corrected chi connectivity index (χ1v) is 12.2. The first-order valence-electron chi connectivity index (χ1n) is 12.2. The third-order valence-electron chi connectivity index (χ3n) is 6.08. The molecule has 0 amide bonds. The molecular formula is C26H25N9O6. The Labute approximate surface area is 232 Å². The van der Waals surface area contributed by atoms with Gasteiger partial charge in [-0.25, -0.2) is 9.36 Å². The number of aromatic nitrogens is 6. The quantitative estimate of drug-likeness (QED) is 0.120. The Bertz CT molecular complexity index is 1530. The van der Waals surface area contributed by atoms with Crippen LogP contribution in [0.2, 0.25) is 0 Å². The molecule has 1 aliphatic carbocycles. The third kappa shape index (κ3) is 6.98. The molecule has 0 atom stereocenters. The highest BCUT2D eigenvalue weighted by molar-refractivity contribution is 5.83. The minimum atomic E-state index is -0.525. The van der Waals surface area contributed by atoms with Crippen LogP contribution in [0.5, 0.6) is 0 Å². The van der Waals surface area contributed by atoms with E-state index in [9.17, 15) is 14.4 Å². The van der Waals surface area contributed by atoms with Gasteiger partial charge in [-0.2, -0.15) is 0 Å². The fraction of sp³-hybridized carbons (Fsp3) is 0.269. The van der Waals surface area contributed by atoms with E-state index >= 15 is 0 Å². The number of nitrogens with zero attached hydrogens (tertiary/aromatic N) is 9. The highest BCUT2D eigenvalue weighted by atomic mass is 16.5. The monoisotopic (exact) mass is 559 g/mol. The van der Waals surface area contributed by atoms with Crippen LogP contribution >= 0.6 is 0 Å². The molecule has 0 spiro atoms. The zero-order valence-electron chi connectivity index (χ0n) is 22.2. The summed E-state index contributed by atoms with van der Waals surface area (Å²) >= 11 is 0. The first-order chi connectivity index (χ1) is 19.8. The van der Waals surface area contributed by atoms with E-state index in [4.69, 9.17) is 10.6 Å². The Morgan fingerprint density at radius 1 is 0.902 bits per heavy atom. The maximum atomic E-state index is 11.5. The van der Waals surface area contributed by atoms with Crippen molar-refractivity contribution in [2.45, 2.75) is 19.5 Å². The van der Waals surface area contributed by atoms with Gasteiger partial charge in [0.05, 0.1) is 26.6 Å². The summed E-state index contributed by atoms with van der Waals surface area (Å²) in [6.07, 6.45) is 4.25. The SMILES string of the molecule is COC(=O)CN=[N+]=[N-].COC(=O)Cn1cc(-c2ccc3c(c2)-c2cc(-c4cn(CC(=O)CO)nn4)ccc2C3)nn1. The first kappa shape index (κ1) is 28.6. The molecule has 210 valence electrons. The second-order valence-corrected chi connectivity index (χ2v) is 8.76. The van der Waals surface area contributed by atoms with Crippen LogP contribution in [0.1, 0.15) is 11.1 Å². The Morgan fingerprint density at radius 2 is 1.44 bits per heavy atom. The summed E-state index contributed by atoms with van der Waals surface area (Å²) in [6, 6.07) is 12.3. The van der Waals surface area contributed by atoms with Crippen LogP contribution in [0.15, 0.2) is 53.9 Å². The molecule has 0 radical (unpaired) electrons. The van der Waals surface area contributed by atoms with Crippen LogP contribution in [0.25, 0.3) is 44.1 Å². The number of fused-ring (bicyclic) bond motifs is 3. The number of rotatable bonds is 9. The molecule has 5 rings (SSSR count). The van der Waals surface area contributed by atoms with Crippen molar-refractivity contribution in [3.8, 4) is 33.6 Å². The van der Waals surface area contributed by atoms with E-state index in [2.05, 4.69) is 64.4 Å². The summed E-state index contributed by atoms with van der Waals surface area (Å²) in [5, 5.41) is 28.2. The molecule has 0 aliphatic heterocycles. The van der Waals surface area contributed by atoms with E-state index in [1.807, 2.05) is 12.1 Å². The van der Waals surface area contributed by atoms with E-state index in [1.54, 1.807) is 12.4 Å². The van der Waals surface area contributed by atoms with Crippen LogP contribution in [0.3, 0.4) is 0 Å². The topological polar surface area (TPSA) is 200 Å². The zero-order chi connectivity index (χ0) is 29.4. The summed E-state index contributed by atoms with van der Waals surface area (Å²) in [5.74, 6) is -1.24. The van der Waals surface area contributed by atoms with Crippen molar-refractivity contribution in [2.75, 3.05) is 27.4 Å². The highest BCUT2D eigenvalue weighted by Gasteiger charge is 2.21. The van der Waals surface area contributed by atoms with Crippen molar-refractivity contribution in [3.63, 3.8) is 0 Å². The molecule has 41 heavy (non-hydrogen) atoms. The van der Waals surface area contributed by atoms with Gasteiger partial charge in [-0.1, -0.05) is 39.8 Å². The van der Waals surface area contributed by atoms with Gasteiger partial charge < -0.3 is 14.6 Å². The molecule has 0 unspecified atom stereocenters. The Balaban J connectivity index is 0.000000426. The van der Waals surface area contributed by atoms with E-state index < -0.39 is 12.6 Å². The van der Waals surface area contributed by atoms with Gasteiger partial charge in [-0.3, -0.25) is 14.4 Å². The lowest BCUT2D eigenvalue weighted by molar-refractivity contribution is -0.141. The fourth-order valence-corrected chi connectivity index (χ4v) is 4.08. The van der Waals surface area contributed by atoms with Gasteiger partial charge >= 0.3 is 11.9 Å². The van der Waals surface area contributed by atoms with Gasteiger partial charge in [0.25, 0.3) is 0 Å². The normalized spacial score (nSPS) is 10.9. The zero-order valence-corrected chi connectivity index (χ0v) is 22.2. The number of aliphatic hydroxyl groups excluding tert-OH is 1. The number of hydrogen-bond acceptors (Lipinski definition) is 11. The maximum absolute atomic E-state index is 11.5. The average molecular weight is 560 g/mol. The van der Waals surface area contributed by atoms with Gasteiger partial charge in [0, 0.05) is 16.0 Å². The van der Waals surface area contributed by atoms with E-state index in [-0.39, 0.29) is 31.4 Å². The van der Waals surface area contributed by atoms with Crippen molar-refractivity contribution in [3.05, 3.63) is 70.4 Å². The molecule has 0 bridgehead atoms. The minimum Gasteiger partial charge on any atom is -0.469 e. The molecule has 2 aromatic heterocycles. The van der Waals surface area contributed by atoms with E-state index in [0.717, 1.165) is 28.7 Å². The third-order valence-corrected chi connectivity index (χ3v) is 6.08. The molecule has 4 aromatic rings. The van der Waals surface area contributed by atoms with Crippen LogP contribution < -0.4 is 0 Å². The second kappa shape index (κ2) is 13.1. The number of azide groups is 1. The second-order valence-electron chi connectivity index (χ2n) is 8.76. The Kier molecular flexibility index (Phi) is 9.14. The lowest BCUT2D eigenvalue weighted by atomic mass is 9.99. The molecule has 1 N–H and O–H groups in total. The molecule has 0 fully saturated rings. The number of hydrogen-bond donors (Lipinski definition) is 1. The summed E-state index contributed by atoms with van der Waals surface area (Å²) < 4.78 is 11.7. The number of aliphatic hydroxyl groups is 1. The number of methoxy groups -OCH3 is 2. The van der Waals surface area contributed by atoms with Crippen LogP contribution in [-0.4, -0.2) is 80.2 Å². The van der Waals surface area contributed by atoms with Crippen molar-refractivity contribution in [1.82, 2.24) is 30.0 Å². The van der Waals surface area contributed by atoms with Gasteiger partial charge in [-0.15, -0.1) is 10.2 Å². The molecule has 2 heterocycles. The number of carbonyl (C=O) groups is 3. The number of Topliss-reactive ketones (excluding diaryl/α,β-unsaturated/α-hetero) is 1. The highest BCUT2D eigenvalue weighted by Crippen LogP contribution is 2.40. The standard InChI is InChI=1S/C23H20N6O4.C3H5N3O2/c1-33-23(32)12-29-11-22(25-27-29)17-5-3-15-6-14-2-4-16(7-19(14)20(15)8-17)21-10-28(26-24-21)9-18(31)13-30;1-8-3(7)2-5-6-4/h2-5,7-8,10-11,30H,6,9,12-13H2,1H3;2H2,1H3. The number of ether oxygens (including phenoxy) is 2. The number of ketones is 1. The van der Waals surface area contributed by atoms with Gasteiger partial charge in [0.15, 0.2) is 5.78 Å². The maximum Gasteiger partial charge on any atom is 0.327 e. The van der Waals surface area contributed by atoms with Crippen LogP contribution in [0, 0.1) is 0 Å². The van der Waals surface area contributed by atoms with Gasteiger partial charge in [0.2, 0.25) is 0 Å². The number of benzene rings is 2. The molecule has 15 heteroatoms. The van der Waals surface area contributed by atoms with E-state index in [1.165, 1.54) is 34.7 Å². The van der Waals surface area contributed by atoms with Crippen molar-refractivity contribution in [1.29, 1.82) is 0 Å². The molecule has 2 aromatic carbocycles. The molecule has 0 saturated carbocycles. The summed E-state index contributed by atoms with van der Waals surface area (Å²) in [6.45, 7) is -0.765. The predicted octanol–water partition coefficient (Wildman–Crippen LogP) is 1.98. The van der Waals surface area contributed by atoms with Crippen molar-refractivity contribution >= 4 is 17.7 Å². The Morgan fingerprint density at radius 3 is 1.93 bits per heavy atom. The summed E-state index contributed by atoms with van der Waals surface area (Å²) in [7, 11) is 2.57. The van der Waals surface area contributed by atoms with Gasteiger partial charge in [-0.05, 0) is 46.3 Å². The molecule has 15 nitrogen and oxygen atoms in total. The van der Waals surface area contributed by atoms with Crippen molar-refractivity contribution in [2.24, 2.45) is 5.11 Å². The fourth-order valence-electron chi connectivity index (χ4n) is 4.08. The average Bonchev–Trinajstić information content (AvgIpc) is 3.74. The molecule has 0 saturated heterocycles. The van der Waals surface area contributed by atoms with E-state index in [0.29, 0.717) is 11.4 Å². The lowest BCUT2D eigenvalue weighted by Crippen LogP contribution is -2.13. The summed E-state index contributed by atoms with van der Waals surface area (Å²) in [5.41, 5.74) is 15.4. The van der Waals surface area contributed by atoms with Crippen LogP contribution in [-0.2, 0) is 43.4 Å². The largest absolute Gasteiger partial charge is 0.469 e. The molecule has 1 aliphatic rings. The van der Waals surface area contributed by atoms with Gasteiger partial charge in [0.1, 0.15) is 37.6 Å². The smallest absolute Gasteiger partial charge is 0.327 e. The Hall–Kier alpha value is -5.40. The van der Waals surface area contributed by atoms with Crippen LogP contribution in [0.4, 0.5) is 0 Å².